The smallest absolute Gasteiger partial charge is 0.124 e. The molecule has 2 bridgehead atoms. The van der Waals surface area contributed by atoms with Gasteiger partial charge >= 0.3 is 0 Å². The van der Waals surface area contributed by atoms with Crippen molar-refractivity contribution in [3.63, 3.8) is 0 Å². The summed E-state index contributed by atoms with van der Waals surface area (Å²) in [6.07, 6.45) is 6.27. The van der Waals surface area contributed by atoms with Gasteiger partial charge in [-0.3, -0.25) is 4.90 Å². The molecular formula is C21H26N2O. The molecule has 24 heavy (non-hydrogen) atoms. The van der Waals surface area contributed by atoms with Crippen LogP contribution in [0, 0.1) is 5.92 Å². The summed E-state index contributed by atoms with van der Waals surface area (Å²) >= 11 is 0. The number of carbonyl (C=O) groups excluding carboxylic acids is 1. The van der Waals surface area contributed by atoms with Gasteiger partial charge in [-0.2, -0.15) is 0 Å². The Balaban J connectivity index is 0.00000146. The Bertz CT molecular complexity index is 763. The van der Waals surface area contributed by atoms with Crippen molar-refractivity contribution in [3.05, 3.63) is 52.7 Å². The summed E-state index contributed by atoms with van der Waals surface area (Å²) in [5.41, 5.74) is 7.01. The van der Waals surface area contributed by atoms with Crippen molar-refractivity contribution in [1.29, 1.82) is 0 Å². The summed E-state index contributed by atoms with van der Waals surface area (Å²) < 4.78 is 0. The van der Waals surface area contributed by atoms with Crippen LogP contribution < -0.4 is 5.32 Å². The molecule has 3 heteroatoms. The van der Waals surface area contributed by atoms with Crippen LogP contribution in [0.4, 0.5) is 5.69 Å². The van der Waals surface area contributed by atoms with Crippen molar-refractivity contribution in [3.8, 4) is 0 Å². The number of hydrogen-bond acceptors (Lipinski definition) is 3. The number of benzene rings is 1. The lowest BCUT2D eigenvalue weighted by Crippen LogP contribution is -2.52. The van der Waals surface area contributed by atoms with E-state index in [0.29, 0.717) is 18.4 Å². The van der Waals surface area contributed by atoms with Gasteiger partial charge in [0.25, 0.3) is 0 Å². The van der Waals surface area contributed by atoms with E-state index in [1.165, 1.54) is 40.9 Å². The fraction of sp³-hybridized carbons (Fsp3) is 0.476. The van der Waals surface area contributed by atoms with Crippen LogP contribution in [0.5, 0.6) is 0 Å². The van der Waals surface area contributed by atoms with Crippen LogP contribution in [0.1, 0.15) is 39.2 Å². The number of fused-ring (bicyclic) bond motifs is 2. The quantitative estimate of drug-likeness (QED) is 0.662. The van der Waals surface area contributed by atoms with E-state index in [9.17, 15) is 4.79 Å². The van der Waals surface area contributed by atoms with Crippen molar-refractivity contribution < 1.29 is 4.79 Å². The van der Waals surface area contributed by atoms with Crippen molar-refractivity contribution in [2.75, 3.05) is 18.4 Å². The molecule has 5 rings (SSSR count). The van der Waals surface area contributed by atoms with Crippen LogP contribution in [-0.4, -0.2) is 30.3 Å². The molecule has 3 atom stereocenters. The molecule has 126 valence electrons. The first-order valence-electron chi connectivity index (χ1n) is 8.72. The van der Waals surface area contributed by atoms with Gasteiger partial charge in [-0.1, -0.05) is 37.3 Å². The minimum absolute atomic E-state index is 0. The first kappa shape index (κ1) is 15.6. The number of anilines is 1. The van der Waals surface area contributed by atoms with Crippen LogP contribution >= 0.6 is 0 Å². The highest BCUT2D eigenvalue weighted by Gasteiger charge is 2.60. The van der Waals surface area contributed by atoms with E-state index in [1.807, 2.05) is 0 Å². The van der Waals surface area contributed by atoms with E-state index in [0.717, 1.165) is 19.4 Å². The Morgan fingerprint density at radius 3 is 3.00 bits per heavy atom. The fourth-order valence-electron chi connectivity index (χ4n) is 5.71. The van der Waals surface area contributed by atoms with Crippen LogP contribution in [0.3, 0.4) is 0 Å². The molecule has 1 N–H and O–H groups in total. The lowest BCUT2D eigenvalue weighted by atomic mass is 9.61. The van der Waals surface area contributed by atoms with Gasteiger partial charge in [-0.15, -0.1) is 0 Å². The van der Waals surface area contributed by atoms with Gasteiger partial charge in [0.1, 0.15) is 6.29 Å². The molecule has 0 radical (unpaired) electrons. The van der Waals surface area contributed by atoms with Crippen LogP contribution in [0.2, 0.25) is 0 Å². The summed E-state index contributed by atoms with van der Waals surface area (Å²) in [7, 11) is 0. The highest BCUT2D eigenvalue weighted by molar-refractivity contribution is 5.74. The van der Waals surface area contributed by atoms with Crippen LogP contribution in [0.25, 0.3) is 0 Å². The molecule has 0 saturated carbocycles. The SMILES string of the molecule is C.C/C=C1\CN2CC[C@]34C(=C(CC=O)[C@H]1C[C@H]23)Nc1ccccc14. The van der Waals surface area contributed by atoms with E-state index in [2.05, 4.69) is 47.5 Å². The molecule has 2 fully saturated rings. The van der Waals surface area contributed by atoms with E-state index in [1.54, 1.807) is 0 Å². The number of aldehydes is 1. The zero-order valence-corrected chi connectivity index (χ0v) is 13.5. The minimum Gasteiger partial charge on any atom is -0.358 e. The number of carbonyl (C=O) groups is 1. The largest absolute Gasteiger partial charge is 0.358 e. The number of piperidine rings is 1. The third-order valence-electron chi connectivity index (χ3n) is 6.62. The number of nitrogens with zero attached hydrogens (tertiary/aromatic N) is 1. The topological polar surface area (TPSA) is 32.3 Å². The molecular weight excluding hydrogens is 296 g/mol. The second-order valence-corrected chi connectivity index (χ2v) is 7.30. The Hall–Kier alpha value is -1.87. The average Bonchev–Trinajstić information content (AvgIpc) is 3.13. The van der Waals surface area contributed by atoms with Crippen molar-refractivity contribution in [1.82, 2.24) is 4.90 Å². The summed E-state index contributed by atoms with van der Waals surface area (Å²) in [5, 5.41) is 3.73. The lowest BCUT2D eigenvalue weighted by molar-refractivity contribution is -0.107. The van der Waals surface area contributed by atoms with Crippen LogP contribution in [-0.2, 0) is 10.2 Å². The van der Waals surface area contributed by atoms with Gasteiger partial charge in [0.15, 0.2) is 0 Å². The Morgan fingerprint density at radius 2 is 2.21 bits per heavy atom. The number of allylic oxidation sites excluding steroid dienone is 2. The molecule has 3 nitrogen and oxygen atoms in total. The second kappa shape index (κ2) is 5.32. The summed E-state index contributed by atoms with van der Waals surface area (Å²) in [6, 6.07) is 9.33. The highest BCUT2D eigenvalue weighted by Crippen LogP contribution is 2.61. The van der Waals surface area contributed by atoms with E-state index >= 15 is 0 Å². The summed E-state index contributed by atoms with van der Waals surface area (Å²) in [4.78, 5) is 14.1. The molecule has 0 aromatic heterocycles. The molecule has 3 heterocycles. The Morgan fingerprint density at radius 1 is 1.38 bits per heavy atom. The van der Waals surface area contributed by atoms with E-state index in [4.69, 9.17) is 0 Å². The average molecular weight is 322 g/mol. The maximum Gasteiger partial charge on any atom is 0.124 e. The molecule has 1 spiro atoms. The highest BCUT2D eigenvalue weighted by atomic mass is 16.1. The molecule has 0 amide bonds. The number of hydrogen-bond donors (Lipinski definition) is 1. The van der Waals surface area contributed by atoms with Gasteiger partial charge < -0.3 is 10.1 Å². The molecule has 0 unspecified atom stereocenters. The molecule has 2 saturated heterocycles. The normalized spacial score (nSPS) is 34.5. The molecule has 1 aromatic rings. The monoisotopic (exact) mass is 322 g/mol. The third kappa shape index (κ3) is 1.68. The number of para-hydroxylation sites is 1. The fourth-order valence-corrected chi connectivity index (χ4v) is 5.71. The van der Waals surface area contributed by atoms with E-state index < -0.39 is 0 Å². The Kier molecular flexibility index (Phi) is 3.47. The predicted molar refractivity (Wildman–Crippen MR) is 98.0 cm³/mol. The van der Waals surface area contributed by atoms with Crippen LogP contribution in [0.15, 0.2) is 47.2 Å². The molecule has 1 aromatic carbocycles. The second-order valence-electron chi connectivity index (χ2n) is 7.30. The summed E-state index contributed by atoms with van der Waals surface area (Å²) in [6.45, 7) is 4.38. The van der Waals surface area contributed by atoms with Crippen molar-refractivity contribution >= 4 is 12.0 Å². The standard InChI is InChI=1S/C20H22N2O.CH4/c1-2-13-12-22-9-8-20-16-5-3-4-6-17(16)21-19(20)14(7-10-23)15(13)11-18(20)22;/h2-6,10,15,18,21H,7-9,11-12H2,1H3;1H4/b13-2+;/t15-,18-,20+;/m0./s1. The first-order valence-corrected chi connectivity index (χ1v) is 8.72. The van der Waals surface area contributed by atoms with Gasteiger partial charge in [0.2, 0.25) is 0 Å². The van der Waals surface area contributed by atoms with E-state index in [-0.39, 0.29) is 12.8 Å². The van der Waals surface area contributed by atoms with Gasteiger partial charge in [0, 0.05) is 42.9 Å². The zero-order valence-electron chi connectivity index (χ0n) is 13.5. The van der Waals surface area contributed by atoms with Crippen molar-refractivity contribution in [2.45, 2.75) is 45.1 Å². The van der Waals surface area contributed by atoms with Gasteiger partial charge in [-0.05, 0) is 37.0 Å². The summed E-state index contributed by atoms with van der Waals surface area (Å²) in [5.74, 6) is 0.453. The lowest BCUT2D eigenvalue weighted by Gasteiger charge is -2.49. The number of rotatable bonds is 2. The predicted octanol–water partition coefficient (Wildman–Crippen LogP) is 3.88. The number of nitrogens with one attached hydrogen (secondary N) is 1. The minimum atomic E-state index is 0. The molecule has 4 aliphatic rings. The zero-order chi connectivity index (χ0) is 15.6. The Labute approximate surface area is 144 Å². The molecule has 3 aliphatic heterocycles. The molecule has 1 aliphatic carbocycles. The van der Waals surface area contributed by atoms with Gasteiger partial charge in [0.05, 0.1) is 5.41 Å². The maximum absolute atomic E-state index is 11.4. The third-order valence-corrected chi connectivity index (χ3v) is 6.62. The first-order chi connectivity index (χ1) is 11.3. The van der Waals surface area contributed by atoms with Crippen molar-refractivity contribution in [2.24, 2.45) is 5.92 Å². The maximum atomic E-state index is 11.4. The van der Waals surface area contributed by atoms with Gasteiger partial charge in [-0.25, -0.2) is 0 Å².